The first kappa shape index (κ1) is 11.9. The summed E-state index contributed by atoms with van der Waals surface area (Å²) in [5.74, 6) is 0.902. The zero-order valence-electron chi connectivity index (χ0n) is 9.88. The van der Waals surface area contributed by atoms with Gasteiger partial charge in [0.1, 0.15) is 11.3 Å². The smallest absolute Gasteiger partial charge is 0.205 e. The summed E-state index contributed by atoms with van der Waals surface area (Å²) in [5, 5.41) is 11.9. The molecule has 1 heterocycles. The van der Waals surface area contributed by atoms with Crippen molar-refractivity contribution in [3.05, 3.63) is 35.3 Å². The van der Waals surface area contributed by atoms with Crippen molar-refractivity contribution in [3.8, 4) is 5.75 Å². The minimum Gasteiger partial charge on any atom is -0.494 e. The molecular formula is C12H15N3OS. The molecule has 0 fully saturated rings. The van der Waals surface area contributed by atoms with Crippen LogP contribution in [-0.4, -0.2) is 16.8 Å². The molecule has 0 aliphatic rings. The van der Waals surface area contributed by atoms with Gasteiger partial charge in [-0.1, -0.05) is 23.5 Å². The average molecular weight is 249 g/mol. The highest BCUT2D eigenvalue weighted by atomic mass is 32.1. The van der Waals surface area contributed by atoms with Gasteiger partial charge in [0.2, 0.25) is 5.13 Å². The third-order valence-electron chi connectivity index (χ3n) is 2.39. The van der Waals surface area contributed by atoms with Crippen molar-refractivity contribution in [2.75, 3.05) is 11.9 Å². The molecule has 1 unspecified atom stereocenters. The summed E-state index contributed by atoms with van der Waals surface area (Å²) in [6.07, 6.45) is 0. The summed E-state index contributed by atoms with van der Waals surface area (Å²) in [5.41, 5.74) is 2.91. The Hall–Kier alpha value is -1.62. The Morgan fingerprint density at radius 3 is 2.71 bits per heavy atom. The molecule has 17 heavy (non-hydrogen) atoms. The lowest BCUT2D eigenvalue weighted by Gasteiger charge is -2.13. The van der Waals surface area contributed by atoms with E-state index in [1.165, 1.54) is 16.9 Å². The van der Waals surface area contributed by atoms with Crippen molar-refractivity contribution < 1.29 is 4.74 Å². The van der Waals surface area contributed by atoms with Gasteiger partial charge < -0.3 is 10.1 Å². The van der Waals surface area contributed by atoms with Crippen molar-refractivity contribution in [2.45, 2.75) is 19.9 Å². The van der Waals surface area contributed by atoms with E-state index in [2.05, 4.69) is 34.6 Å². The van der Waals surface area contributed by atoms with E-state index in [1.807, 2.05) is 19.1 Å². The molecule has 0 saturated carbocycles. The highest BCUT2D eigenvalue weighted by Crippen LogP contribution is 2.22. The monoisotopic (exact) mass is 249 g/mol. The number of anilines is 1. The molecular weight excluding hydrogens is 234 g/mol. The quantitative estimate of drug-likeness (QED) is 0.884. The van der Waals surface area contributed by atoms with E-state index in [1.54, 1.807) is 5.51 Å². The van der Waals surface area contributed by atoms with Crippen molar-refractivity contribution in [1.82, 2.24) is 10.2 Å². The summed E-state index contributed by atoms with van der Waals surface area (Å²) >= 11 is 1.50. The standard InChI is InChI=1S/C12H15N3OS/c1-3-16-11-6-4-10(5-7-11)9(2)14-12-15-13-8-17-12/h4-9H,3H2,1-2H3,(H,14,15). The van der Waals surface area contributed by atoms with Crippen LogP contribution in [0.25, 0.3) is 0 Å². The second kappa shape index (κ2) is 5.63. The van der Waals surface area contributed by atoms with Crippen molar-refractivity contribution in [2.24, 2.45) is 0 Å². The highest BCUT2D eigenvalue weighted by molar-refractivity contribution is 7.13. The molecule has 0 bridgehead atoms. The van der Waals surface area contributed by atoms with E-state index >= 15 is 0 Å². The Bertz CT molecular complexity index is 441. The van der Waals surface area contributed by atoms with E-state index in [0.717, 1.165) is 10.9 Å². The van der Waals surface area contributed by atoms with Gasteiger partial charge in [-0.2, -0.15) is 0 Å². The van der Waals surface area contributed by atoms with Gasteiger partial charge in [-0.3, -0.25) is 0 Å². The maximum Gasteiger partial charge on any atom is 0.205 e. The van der Waals surface area contributed by atoms with Crippen molar-refractivity contribution in [1.29, 1.82) is 0 Å². The zero-order valence-corrected chi connectivity index (χ0v) is 10.7. The molecule has 1 N–H and O–H groups in total. The van der Waals surface area contributed by atoms with Crippen LogP contribution in [0, 0.1) is 0 Å². The molecule has 0 amide bonds. The number of aromatic nitrogens is 2. The van der Waals surface area contributed by atoms with Gasteiger partial charge in [-0.05, 0) is 31.5 Å². The predicted octanol–water partition coefficient (Wildman–Crippen LogP) is 3.11. The molecule has 1 aromatic carbocycles. The van der Waals surface area contributed by atoms with Crippen LogP contribution in [0.5, 0.6) is 5.75 Å². The van der Waals surface area contributed by atoms with E-state index in [0.29, 0.717) is 6.61 Å². The molecule has 90 valence electrons. The number of nitrogens with zero attached hydrogens (tertiary/aromatic N) is 2. The molecule has 1 atom stereocenters. The van der Waals surface area contributed by atoms with Gasteiger partial charge in [0.25, 0.3) is 0 Å². The van der Waals surface area contributed by atoms with Crippen molar-refractivity contribution >= 4 is 16.5 Å². The largest absolute Gasteiger partial charge is 0.494 e. The molecule has 4 nitrogen and oxygen atoms in total. The van der Waals surface area contributed by atoms with Crippen LogP contribution in [0.15, 0.2) is 29.8 Å². The van der Waals surface area contributed by atoms with Crippen LogP contribution < -0.4 is 10.1 Å². The van der Waals surface area contributed by atoms with E-state index in [4.69, 9.17) is 4.74 Å². The summed E-state index contributed by atoms with van der Waals surface area (Å²) in [6.45, 7) is 4.77. The Balaban J connectivity index is 2.01. The van der Waals surface area contributed by atoms with E-state index in [9.17, 15) is 0 Å². The molecule has 5 heteroatoms. The summed E-state index contributed by atoms with van der Waals surface area (Å²) < 4.78 is 5.41. The number of rotatable bonds is 5. The lowest BCUT2D eigenvalue weighted by Crippen LogP contribution is -2.06. The van der Waals surface area contributed by atoms with Gasteiger partial charge in [-0.25, -0.2) is 0 Å². The van der Waals surface area contributed by atoms with E-state index < -0.39 is 0 Å². The topological polar surface area (TPSA) is 47.0 Å². The molecule has 2 aromatic rings. The number of ether oxygens (including phenoxy) is 1. The van der Waals surface area contributed by atoms with Gasteiger partial charge in [-0.15, -0.1) is 10.2 Å². The van der Waals surface area contributed by atoms with Gasteiger partial charge >= 0.3 is 0 Å². The minimum absolute atomic E-state index is 0.207. The van der Waals surface area contributed by atoms with Crippen LogP contribution in [0.2, 0.25) is 0 Å². The lowest BCUT2D eigenvalue weighted by atomic mass is 10.1. The average Bonchev–Trinajstić information content (AvgIpc) is 2.83. The maximum atomic E-state index is 5.41. The maximum absolute atomic E-state index is 5.41. The van der Waals surface area contributed by atoms with Gasteiger partial charge in [0.05, 0.1) is 12.6 Å². The molecule has 0 aliphatic carbocycles. The first-order valence-corrected chi connectivity index (χ1v) is 6.43. The van der Waals surface area contributed by atoms with Crippen molar-refractivity contribution in [3.63, 3.8) is 0 Å². The molecule has 1 aromatic heterocycles. The summed E-state index contributed by atoms with van der Waals surface area (Å²) in [4.78, 5) is 0. The molecule has 0 spiro atoms. The SMILES string of the molecule is CCOc1ccc(C(C)Nc2nncs2)cc1. The fourth-order valence-corrected chi connectivity index (χ4v) is 2.06. The van der Waals surface area contributed by atoms with Crippen LogP contribution in [0.1, 0.15) is 25.5 Å². The first-order valence-electron chi connectivity index (χ1n) is 5.55. The summed E-state index contributed by atoms with van der Waals surface area (Å²) in [6, 6.07) is 8.29. The molecule has 0 radical (unpaired) electrons. The molecule has 0 aliphatic heterocycles. The number of benzene rings is 1. The third kappa shape index (κ3) is 3.17. The molecule has 2 rings (SSSR count). The molecule has 0 saturated heterocycles. The normalized spacial score (nSPS) is 12.1. The number of hydrogen-bond donors (Lipinski definition) is 1. The Morgan fingerprint density at radius 2 is 2.12 bits per heavy atom. The number of hydrogen-bond acceptors (Lipinski definition) is 5. The Labute approximate surface area is 105 Å². The van der Waals surface area contributed by atoms with E-state index in [-0.39, 0.29) is 6.04 Å². The first-order chi connectivity index (χ1) is 8.29. The van der Waals surface area contributed by atoms with Crippen LogP contribution in [0.3, 0.4) is 0 Å². The van der Waals surface area contributed by atoms with Crippen LogP contribution in [0.4, 0.5) is 5.13 Å². The van der Waals surface area contributed by atoms with Crippen LogP contribution >= 0.6 is 11.3 Å². The fourth-order valence-electron chi connectivity index (χ4n) is 1.52. The predicted molar refractivity (Wildman–Crippen MR) is 69.6 cm³/mol. The Kier molecular flexibility index (Phi) is 3.93. The van der Waals surface area contributed by atoms with Gasteiger partial charge in [0.15, 0.2) is 0 Å². The highest BCUT2D eigenvalue weighted by Gasteiger charge is 2.06. The second-order valence-electron chi connectivity index (χ2n) is 3.61. The second-order valence-corrected chi connectivity index (χ2v) is 4.45. The Morgan fingerprint density at radius 1 is 1.35 bits per heavy atom. The lowest BCUT2D eigenvalue weighted by molar-refractivity contribution is 0.340. The number of nitrogens with one attached hydrogen (secondary N) is 1. The zero-order chi connectivity index (χ0) is 12.1. The fraction of sp³-hybridized carbons (Fsp3) is 0.333. The minimum atomic E-state index is 0.207. The van der Waals surface area contributed by atoms with Crippen LogP contribution in [-0.2, 0) is 0 Å². The summed E-state index contributed by atoms with van der Waals surface area (Å²) in [7, 11) is 0. The third-order valence-corrected chi connectivity index (χ3v) is 3.01. The van der Waals surface area contributed by atoms with Gasteiger partial charge in [0, 0.05) is 0 Å².